The second-order valence-electron chi connectivity index (χ2n) is 9.06. The minimum atomic E-state index is -2.50. The minimum Gasteiger partial charge on any atom is -0.434 e. The molecular weight excluding hydrogens is 364 g/mol. The Morgan fingerprint density at radius 3 is 2.90 bits per heavy atom. The number of aromatic nitrogens is 1. The van der Waals surface area contributed by atoms with Gasteiger partial charge < -0.3 is 10.1 Å². The lowest BCUT2D eigenvalue weighted by Gasteiger charge is -2.30. The summed E-state index contributed by atoms with van der Waals surface area (Å²) in [6.45, 7) is -0.183. The molecule has 3 heterocycles. The summed E-state index contributed by atoms with van der Waals surface area (Å²) in [5, 5.41) is 4.20. The molecule has 0 amide bonds. The third-order valence-electron chi connectivity index (χ3n) is 7.04. The number of nitrogens with zero attached hydrogens (tertiary/aromatic N) is 1. The van der Waals surface area contributed by atoms with E-state index in [0.717, 1.165) is 23.9 Å². The SMILES string of the molecule is [2H]C([2H])([2H])C1(C)OC(=O)c2cc3cc(CC(=O)[C@H]4NCC[C@H]4C4CCCCC4)ccc3n21. The van der Waals surface area contributed by atoms with Crippen molar-refractivity contribution in [1.82, 2.24) is 9.88 Å². The first-order valence-electron chi connectivity index (χ1n) is 12.3. The highest BCUT2D eigenvalue weighted by molar-refractivity contribution is 5.98. The fourth-order valence-electron chi connectivity index (χ4n) is 5.72. The monoisotopic (exact) mass is 397 g/mol. The van der Waals surface area contributed by atoms with E-state index < -0.39 is 18.5 Å². The van der Waals surface area contributed by atoms with Crippen LogP contribution in [0.5, 0.6) is 0 Å². The van der Waals surface area contributed by atoms with Gasteiger partial charge in [0.2, 0.25) is 0 Å². The van der Waals surface area contributed by atoms with Crippen molar-refractivity contribution in [3.8, 4) is 0 Å². The van der Waals surface area contributed by atoms with Crippen molar-refractivity contribution >= 4 is 22.7 Å². The molecule has 0 radical (unpaired) electrons. The van der Waals surface area contributed by atoms with Crippen LogP contribution >= 0.6 is 0 Å². The van der Waals surface area contributed by atoms with Crippen LogP contribution < -0.4 is 5.32 Å². The molecule has 5 heteroatoms. The zero-order valence-corrected chi connectivity index (χ0v) is 16.9. The van der Waals surface area contributed by atoms with Crippen molar-refractivity contribution in [2.24, 2.45) is 11.8 Å². The van der Waals surface area contributed by atoms with Gasteiger partial charge in [0.15, 0.2) is 11.5 Å². The van der Waals surface area contributed by atoms with Crippen molar-refractivity contribution in [1.29, 1.82) is 0 Å². The third kappa shape index (κ3) is 3.20. The van der Waals surface area contributed by atoms with Gasteiger partial charge in [-0.2, -0.15) is 0 Å². The van der Waals surface area contributed by atoms with Crippen LogP contribution in [0.3, 0.4) is 0 Å². The predicted molar refractivity (Wildman–Crippen MR) is 112 cm³/mol. The lowest BCUT2D eigenvalue weighted by Crippen LogP contribution is -2.40. The Kier molecular flexibility index (Phi) is 3.77. The number of nitrogens with one attached hydrogen (secondary N) is 1. The van der Waals surface area contributed by atoms with Gasteiger partial charge in [0.1, 0.15) is 5.69 Å². The van der Waals surface area contributed by atoms with E-state index in [4.69, 9.17) is 8.85 Å². The molecule has 1 aliphatic carbocycles. The Morgan fingerprint density at radius 1 is 1.28 bits per heavy atom. The Morgan fingerprint density at radius 2 is 2.10 bits per heavy atom. The summed E-state index contributed by atoms with van der Waals surface area (Å²) in [7, 11) is 0. The molecule has 5 nitrogen and oxygen atoms in total. The predicted octanol–water partition coefficient (Wildman–Crippen LogP) is 4.17. The van der Waals surface area contributed by atoms with Crippen LogP contribution in [0.25, 0.3) is 10.9 Å². The van der Waals surface area contributed by atoms with Crippen LogP contribution in [0.1, 0.15) is 72.5 Å². The number of ether oxygens (including phenoxy) is 1. The number of esters is 1. The molecule has 2 aliphatic heterocycles. The normalized spacial score (nSPS) is 31.9. The van der Waals surface area contributed by atoms with Crippen LogP contribution in [-0.4, -0.2) is 28.9 Å². The summed E-state index contributed by atoms with van der Waals surface area (Å²) < 4.78 is 30.4. The number of hydrogen-bond acceptors (Lipinski definition) is 4. The number of carbonyl (C=O) groups is 2. The number of rotatable bonds is 4. The highest BCUT2D eigenvalue weighted by atomic mass is 16.6. The zero-order valence-electron chi connectivity index (χ0n) is 19.9. The van der Waals surface area contributed by atoms with E-state index in [9.17, 15) is 9.59 Å². The molecule has 1 saturated carbocycles. The van der Waals surface area contributed by atoms with Crippen LogP contribution in [-0.2, 0) is 21.7 Å². The maximum Gasteiger partial charge on any atom is 0.357 e. The van der Waals surface area contributed by atoms with Gasteiger partial charge in [0.05, 0.1) is 11.6 Å². The Balaban J connectivity index is 1.40. The summed E-state index contributed by atoms with van der Waals surface area (Å²) in [4.78, 5) is 25.6. The smallest absolute Gasteiger partial charge is 0.357 e. The van der Waals surface area contributed by atoms with Crippen LogP contribution in [0.15, 0.2) is 24.3 Å². The average Bonchev–Trinajstić information content (AvgIpc) is 3.43. The number of carbonyl (C=O) groups excluding carboxylic acids is 2. The van der Waals surface area contributed by atoms with Gasteiger partial charge in [0.25, 0.3) is 0 Å². The highest BCUT2D eigenvalue weighted by Crippen LogP contribution is 2.37. The molecule has 0 bridgehead atoms. The lowest BCUT2D eigenvalue weighted by molar-refractivity contribution is -0.121. The van der Waals surface area contributed by atoms with E-state index in [-0.39, 0.29) is 17.5 Å². The average molecular weight is 398 g/mol. The van der Waals surface area contributed by atoms with Crippen LogP contribution in [0, 0.1) is 11.8 Å². The number of Topliss-reactive ketones (excluding diaryl/α,β-unsaturated/α-hetero) is 1. The van der Waals surface area contributed by atoms with E-state index in [1.54, 1.807) is 12.1 Å². The quantitative estimate of drug-likeness (QED) is 0.787. The minimum absolute atomic E-state index is 0.0818. The first-order chi connectivity index (χ1) is 15.2. The van der Waals surface area contributed by atoms with E-state index in [1.165, 1.54) is 43.6 Å². The van der Waals surface area contributed by atoms with Crippen molar-refractivity contribution in [2.45, 2.75) is 70.5 Å². The van der Waals surface area contributed by atoms with Crippen molar-refractivity contribution in [2.75, 3.05) is 6.54 Å². The largest absolute Gasteiger partial charge is 0.434 e. The first-order valence-corrected chi connectivity index (χ1v) is 10.8. The third-order valence-corrected chi connectivity index (χ3v) is 7.04. The maximum atomic E-state index is 13.2. The first kappa shape index (κ1) is 15.7. The van der Waals surface area contributed by atoms with Gasteiger partial charge in [-0.05, 0) is 62.3 Å². The summed E-state index contributed by atoms with van der Waals surface area (Å²) in [5.74, 6) is 0.659. The lowest BCUT2D eigenvalue weighted by atomic mass is 9.75. The van der Waals surface area contributed by atoms with E-state index >= 15 is 0 Å². The molecule has 3 atom stereocenters. The van der Waals surface area contributed by atoms with E-state index in [2.05, 4.69) is 5.32 Å². The molecule has 0 spiro atoms. The molecular formula is C24H30N2O3. The summed E-state index contributed by atoms with van der Waals surface area (Å²) in [5.41, 5.74) is 0.00273. The molecule has 1 N–H and O–H groups in total. The molecule has 1 saturated heterocycles. The molecule has 29 heavy (non-hydrogen) atoms. The van der Waals surface area contributed by atoms with E-state index in [0.29, 0.717) is 23.8 Å². The van der Waals surface area contributed by atoms with Crippen molar-refractivity contribution < 1.29 is 18.4 Å². The fraction of sp³-hybridized carbons (Fsp3) is 0.583. The molecule has 2 aromatic rings. The topological polar surface area (TPSA) is 60.3 Å². The van der Waals surface area contributed by atoms with Crippen molar-refractivity contribution in [3.63, 3.8) is 0 Å². The second kappa shape index (κ2) is 6.98. The molecule has 1 unspecified atom stereocenters. The number of cyclic esters (lactones) is 1. The number of benzene rings is 1. The highest BCUT2D eigenvalue weighted by Gasteiger charge is 2.39. The molecule has 5 rings (SSSR count). The van der Waals surface area contributed by atoms with E-state index in [1.807, 2.05) is 12.1 Å². The molecule has 1 aromatic heterocycles. The molecule has 2 fully saturated rings. The Hall–Kier alpha value is -2.14. The van der Waals surface area contributed by atoms with Gasteiger partial charge in [-0.3, -0.25) is 9.36 Å². The number of hydrogen-bond donors (Lipinski definition) is 1. The molecule has 1 aromatic carbocycles. The molecule has 154 valence electrons. The number of fused-ring (bicyclic) bond motifs is 3. The van der Waals surface area contributed by atoms with Crippen LogP contribution in [0.4, 0.5) is 0 Å². The maximum absolute atomic E-state index is 13.2. The fourth-order valence-corrected chi connectivity index (χ4v) is 5.72. The summed E-state index contributed by atoms with van der Waals surface area (Å²) in [6, 6.07) is 7.15. The summed E-state index contributed by atoms with van der Waals surface area (Å²) in [6.07, 6.45) is 7.73. The van der Waals surface area contributed by atoms with Gasteiger partial charge in [-0.15, -0.1) is 0 Å². The van der Waals surface area contributed by atoms with Gasteiger partial charge >= 0.3 is 5.97 Å². The standard InChI is InChI=1S/C24H30N2O3/c1-24(2)26-19-9-8-15(12-17(19)14-20(26)23(28)29-24)13-21(27)22-18(10-11-25-22)16-6-4-3-5-7-16/h8-9,12,14,16,18,22,25H,3-7,10-11,13H2,1-2H3/t18-,22-/m0/s1/i1D3/t18-,22-,24?. The van der Waals surface area contributed by atoms with Crippen LogP contribution in [0.2, 0.25) is 0 Å². The van der Waals surface area contributed by atoms with Crippen molar-refractivity contribution in [3.05, 3.63) is 35.5 Å². The summed E-state index contributed by atoms with van der Waals surface area (Å²) >= 11 is 0. The number of ketones is 1. The molecule has 3 aliphatic rings. The Labute approximate surface area is 176 Å². The van der Waals surface area contributed by atoms with Gasteiger partial charge in [-0.25, -0.2) is 4.79 Å². The Bertz CT molecular complexity index is 1070. The van der Waals surface area contributed by atoms with Gasteiger partial charge in [-0.1, -0.05) is 38.2 Å². The zero-order chi connectivity index (χ0) is 22.7. The second-order valence-corrected chi connectivity index (χ2v) is 9.06. The van der Waals surface area contributed by atoms with Gasteiger partial charge in [0, 0.05) is 15.9 Å².